The molecule has 1 N–H and O–H groups in total. The number of carbonyl (C=O) groups is 1. The lowest BCUT2D eigenvalue weighted by Gasteiger charge is -2.25. The van der Waals surface area contributed by atoms with E-state index in [9.17, 15) is 23.1 Å². The van der Waals surface area contributed by atoms with Crippen LogP contribution in [0, 0.1) is 6.92 Å². The van der Waals surface area contributed by atoms with Crippen LogP contribution in [0.4, 0.5) is 13.2 Å². The molecule has 4 nitrogen and oxygen atoms in total. The molecule has 0 aliphatic rings. The topological polar surface area (TPSA) is 63.1 Å². The number of fused-ring (bicyclic) bond motifs is 1. The van der Waals surface area contributed by atoms with Gasteiger partial charge in [0.2, 0.25) is 0 Å². The third-order valence-electron chi connectivity index (χ3n) is 5.03. The number of thiazole rings is 2. The van der Waals surface area contributed by atoms with E-state index in [-0.39, 0.29) is 0 Å². The first kappa shape index (κ1) is 20.5. The molecule has 1 unspecified atom stereocenters. The Hall–Kier alpha value is -2.78. The molecular formula is C21H15F3N2O2S2. The Morgan fingerprint density at radius 2 is 1.80 bits per heavy atom. The van der Waals surface area contributed by atoms with Crippen LogP contribution in [0.1, 0.15) is 28.6 Å². The van der Waals surface area contributed by atoms with Gasteiger partial charge in [-0.2, -0.15) is 13.2 Å². The lowest BCUT2D eigenvalue weighted by atomic mass is 9.80. The van der Waals surface area contributed by atoms with Gasteiger partial charge in [0.25, 0.3) is 0 Å². The van der Waals surface area contributed by atoms with Gasteiger partial charge in [-0.1, -0.05) is 24.3 Å². The summed E-state index contributed by atoms with van der Waals surface area (Å²) in [5, 5.41) is 10.7. The second kappa shape index (κ2) is 7.17. The Labute approximate surface area is 177 Å². The molecule has 1 atom stereocenters. The number of aliphatic carboxylic acids is 1. The van der Waals surface area contributed by atoms with Crippen LogP contribution in [-0.2, 0) is 16.4 Å². The number of benzene rings is 2. The zero-order chi connectivity index (χ0) is 21.7. The predicted molar refractivity (Wildman–Crippen MR) is 111 cm³/mol. The van der Waals surface area contributed by atoms with E-state index in [0.29, 0.717) is 26.7 Å². The number of carboxylic acids is 1. The van der Waals surface area contributed by atoms with Gasteiger partial charge in [0, 0.05) is 10.4 Å². The molecule has 4 aromatic rings. The highest BCUT2D eigenvalue weighted by atomic mass is 32.1. The summed E-state index contributed by atoms with van der Waals surface area (Å²) in [5.74, 6) is -1.03. The van der Waals surface area contributed by atoms with Gasteiger partial charge in [0.05, 0.1) is 27.0 Å². The molecule has 2 heterocycles. The molecule has 0 spiro atoms. The zero-order valence-electron chi connectivity index (χ0n) is 15.8. The fourth-order valence-electron chi connectivity index (χ4n) is 3.40. The molecule has 0 amide bonds. The van der Waals surface area contributed by atoms with Crippen molar-refractivity contribution in [2.24, 2.45) is 0 Å². The first-order valence-electron chi connectivity index (χ1n) is 8.84. The molecular weight excluding hydrogens is 433 g/mol. The first-order chi connectivity index (χ1) is 14.1. The van der Waals surface area contributed by atoms with E-state index in [1.54, 1.807) is 31.5 Å². The lowest BCUT2D eigenvalue weighted by molar-refractivity contribution is -0.141. The molecule has 4 rings (SSSR count). The van der Waals surface area contributed by atoms with Gasteiger partial charge < -0.3 is 5.11 Å². The Kier molecular flexibility index (Phi) is 4.90. The Balaban J connectivity index is 1.84. The molecule has 154 valence electrons. The van der Waals surface area contributed by atoms with Gasteiger partial charge in [-0.05, 0) is 37.6 Å². The highest BCUT2D eigenvalue weighted by molar-refractivity contribution is 7.17. The summed E-state index contributed by atoms with van der Waals surface area (Å²) in [6, 6.07) is 10.1. The molecule has 9 heteroatoms. The minimum absolute atomic E-state index is 0.472. The maximum absolute atomic E-state index is 12.8. The third-order valence-corrected chi connectivity index (χ3v) is 7.34. The van der Waals surface area contributed by atoms with Gasteiger partial charge in [0.15, 0.2) is 0 Å². The maximum atomic E-state index is 12.8. The van der Waals surface area contributed by atoms with Crippen molar-refractivity contribution in [3.8, 4) is 10.6 Å². The van der Waals surface area contributed by atoms with Crippen molar-refractivity contribution in [3.05, 3.63) is 69.7 Å². The van der Waals surface area contributed by atoms with Crippen LogP contribution in [0.15, 0.2) is 48.0 Å². The van der Waals surface area contributed by atoms with E-state index >= 15 is 0 Å². The summed E-state index contributed by atoms with van der Waals surface area (Å²) in [6.45, 7) is 3.34. The highest BCUT2D eigenvalue weighted by Crippen LogP contribution is 2.44. The quantitative estimate of drug-likeness (QED) is 0.407. The largest absolute Gasteiger partial charge is 0.480 e. The van der Waals surface area contributed by atoms with Crippen molar-refractivity contribution in [1.82, 2.24) is 9.97 Å². The molecule has 0 saturated carbocycles. The van der Waals surface area contributed by atoms with Crippen molar-refractivity contribution in [3.63, 3.8) is 0 Å². The van der Waals surface area contributed by atoms with Crippen molar-refractivity contribution >= 4 is 38.9 Å². The molecule has 2 aromatic carbocycles. The van der Waals surface area contributed by atoms with Gasteiger partial charge in [-0.25, -0.2) is 9.97 Å². The summed E-state index contributed by atoms with van der Waals surface area (Å²) in [5.41, 5.74) is 1.91. The minimum Gasteiger partial charge on any atom is -0.480 e. The van der Waals surface area contributed by atoms with Crippen LogP contribution in [-0.4, -0.2) is 21.0 Å². The van der Waals surface area contributed by atoms with E-state index in [2.05, 4.69) is 9.97 Å². The molecule has 0 aliphatic heterocycles. The zero-order valence-corrected chi connectivity index (χ0v) is 17.5. The van der Waals surface area contributed by atoms with Crippen molar-refractivity contribution in [2.45, 2.75) is 25.4 Å². The predicted octanol–water partition coefficient (Wildman–Crippen LogP) is 6.14. The second-order valence-corrected chi connectivity index (χ2v) is 8.80. The number of alkyl halides is 3. The molecule has 30 heavy (non-hydrogen) atoms. The number of halogens is 3. The van der Waals surface area contributed by atoms with Crippen LogP contribution in [0.25, 0.3) is 20.8 Å². The SMILES string of the molecule is Cc1nc(-c2ccc(C(F)(F)F)cc2)sc1C(C)(C(=O)O)c1cccc2ncsc12. The van der Waals surface area contributed by atoms with E-state index < -0.39 is 23.1 Å². The number of hydrogen-bond donors (Lipinski definition) is 1. The summed E-state index contributed by atoms with van der Waals surface area (Å²) in [6.07, 6.45) is -4.42. The van der Waals surface area contributed by atoms with Crippen molar-refractivity contribution in [1.29, 1.82) is 0 Å². The summed E-state index contributed by atoms with van der Waals surface area (Å²) >= 11 is 2.55. The fraction of sp³-hybridized carbons (Fsp3) is 0.190. The monoisotopic (exact) mass is 448 g/mol. The summed E-state index contributed by atoms with van der Waals surface area (Å²) in [4.78, 5) is 21.8. The van der Waals surface area contributed by atoms with E-state index in [4.69, 9.17) is 0 Å². The van der Waals surface area contributed by atoms with Crippen LogP contribution >= 0.6 is 22.7 Å². The van der Waals surface area contributed by atoms with E-state index in [1.165, 1.54) is 34.8 Å². The summed E-state index contributed by atoms with van der Waals surface area (Å²) < 4.78 is 39.3. The fourth-order valence-corrected chi connectivity index (χ4v) is 5.54. The van der Waals surface area contributed by atoms with Gasteiger partial charge in [-0.15, -0.1) is 22.7 Å². The first-order valence-corrected chi connectivity index (χ1v) is 10.5. The van der Waals surface area contributed by atoms with Crippen molar-refractivity contribution < 1.29 is 23.1 Å². The normalized spacial score (nSPS) is 14.0. The van der Waals surface area contributed by atoms with Gasteiger partial charge >= 0.3 is 12.1 Å². The molecule has 0 bridgehead atoms. The number of aromatic nitrogens is 2. The third kappa shape index (κ3) is 3.27. The highest BCUT2D eigenvalue weighted by Gasteiger charge is 2.42. The molecule has 2 aromatic heterocycles. The lowest BCUT2D eigenvalue weighted by Crippen LogP contribution is -2.33. The maximum Gasteiger partial charge on any atom is 0.416 e. The Morgan fingerprint density at radius 1 is 1.10 bits per heavy atom. The number of hydrogen-bond acceptors (Lipinski definition) is 5. The number of rotatable bonds is 4. The average Bonchev–Trinajstić information content (AvgIpc) is 3.33. The van der Waals surface area contributed by atoms with Gasteiger partial charge in [0.1, 0.15) is 10.4 Å². The standard InChI is InChI=1S/C21H15F3N2O2S2/c1-11-17(30-18(26-11)12-6-8-13(9-7-12)21(22,23)24)20(2,19(27)28)14-4-3-5-15-16(14)29-10-25-15/h3-10H,1-2H3,(H,27,28). The van der Waals surface area contributed by atoms with Gasteiger partial charge in [-0.3, -0.25) is 4.79 Å². The minimum atomic E-state index is -4.42. The van der Waals surface area contributed by atoms with Crippen LogP contribution in [0.3, 0.4) is 0 Å². The van der Waals surface area contributed by atoms with Crippen LogP contribution in [0.5, 0.6) is 0 Å². The van der Waals surface area contributed by atoms with Crippen LogP contribution < -0.4 is 0 Å². The molecule has 0 radical (unpaired) electrons. The van der Waals surface area contributed by atoms with Crippen LogP contribution in [0.2, 0.25) is 0 Å². The van der Waals surface area contributed by atoms with Crippen molar-refractivity contribution in [2.75, 3.05) is 0 Å². The summed E-state index contributed by atoms with van der Waals surface area (Å²) in [7, 11) is 0. The Morgan fingerprint density at radius 3 is 2.43 bits per heavy atom. The Bertz CT molecular complexity index is 1250. The molecule has 0 aliphatic carbocycles. The molecule has 0 saturated heterocycles. The van der Waals surface area contributed by atoms with E-state index in [0.717, 1.165) is 22.3 Å². The smallest absolute Gasteiger partial charge is 0.416 e. The average molecular weight is 448 g/mol. The second-order valence-electron chi connectivity index (χ2n) is 6.94. The number of aryl methyl sites for hydroxylation is 1. The molecule has 0 fully saturated rings. The number of nitrogens with zero attached hydrogens (tertiary/aromatic N) is 2. The number of carboxylic acid groups (broad SMARTS) is 1. The van der Waals surface area contributed by atoms with E-state index in [1.807, 2.05) is 6.07 Å².